The molecule has 1 atom stereocenters. The smallest absolute Gasteiger partial charge is 0.312 e. The summed E-state index contributed by atoms with van der Waals surface area (Å²) in [5, 5.41) is 5.21. The zero-order chi connectivity index (χ0) is 20.9. The highest BCUT2D eigenvalue weighted by Crippen LogP contribution is 2.15. The molecule has 0 bridgehead atoms. The third-order valence-corrected chi connectivity index (χ3v) is 5.99. The van der Waals surface area contributed by atoms with Crippen molar-refractivity contribution in [3.05, 3.63) is 40.3 Å². The number of amides is 1. The SMILES string of the molecule is Cc1nc(CC(=O)OC(C)C(=O)Nc2ccc(S(=O)(=O)NC(C)C)cc2)cs1. The predicted molar refractivity (Wildman–Crippen MR) is 107 cm³/mol. The van der Waals surface area contributed by atoms with Gasteiger partial charge in [-0.05, 0) is 52.0 Å². The molecule has 8 nitrogen and oxygen atoms in total. The van der Waals surface area contributed by atoms with E-state index in [1.807, 2.05) is 6.92 Å². The van der Waals surface area contributed by atoms with E-state index in [1.54, 1.807) is 19.2 Å². The van der Waals surface area contributed by atoms with Crippen molar-refractivity contribution in [3.63, 3.8) is 0 Å². The molecule has 1 aromatic carbocycles. The maximum atomic E-state index is 12.2. The molecular weight excluding hydrogens is 402 g/mol. The standard InChI is InChI=1S/C18H23N3O5S2/c1-11(2)21-28(24,25)16-7-5-14(6-8-16)20-18(23)12(3)26-17(22)9-15-10-27-13(4)19-15/h5-8,10-12,21H,9H2,1-4H3,(H,20,23). The molecule has 1 heterocycles. The van der Waals surface area contributed by atoms with Crippen LogP contribution in [0.1, 0.15) is 31.5 Å². The number of sulfonamides is 1. The lowest BCUT2D eigenvalue weighted by molar-refractivity contribution is -0.152. The monoisotopic (exact) mass is 425 g/mol. The molecule has 0 aliphatic rings. The van der Waals surface area contributed by atoms with E-state index in [-0.39, 0.29) is 17.4 Å². The first-order chi connectivity index (χ1) is 13.1. The van der Waals surface area contributed by atoms with Crippen molar-refractivity contribution >= 4 is 38.9 Å². The van der Waals surface area contributed by atoms with Crippen LogP contribution in [0.3, 0.4) is 0 Å². The number of carbonyl (C=O) groups excluding carboxylic acids is 2. The quantitative estimate of drug-likeness (QED) is 0.627. The number of rotatable bonds is 8. The summed E-state index contributed by atoms with van der Waals surface area (Å²) in [5.41, 5.74) is 0.999. The molecule has 0 radical (unpaired) electrons. The first-order valence-corrected chi connectivity index (χ1v) is 11.0. The number of hydrogen-bond donors (Lipinski definition) is 2. The molecular formula is C18H23N3O5S2. The molecule has 2 aromatic rings. The van der Waals surface area contributed by atoms with Crippen molar-refractivity contribution in [2.45, 2.75) is 51.2 Å². The molecule has 0 aliphatic carbocycles. The Morgan fingerprint density at radius 2 is 1.82 bits per heavy atom. The van der Waals surface area contributed by atoms with Crippen LogP contribution in [0, 0.1) is 6.92 Å². The van der Waals surface area contributed by atoms with Crippen LogP contribution >= 0.6 is 11.3 Å². The molecule has 2 N–H and O–H groups in total. The lowest BCUT2D eigenvalue weighted by Gasteiger charge is -2.14. The van der Waals surface area contributed by atoms with Crippen LogP contribution in [0.4, 0.5) is 5.69 Å². The van der Waals surface area contributed by atoms with Gasteiger partial charge < -0.3 is 10.1 Å². The summed E-state index contributed by atoms with van der Waals surface area (Å²) in [6.45, 7) is 6.75. The molecule has 1 aromatic heterocycles. The Kier molecular flexibility index (Phi) is 7.28. The van der Waals surface area contributed by atoms with Gasteiger partial charge in [-0.1, -0.05) is 0 Å². The van der Waals surface area contributed by atoms with Crippen molar-refractivity contribution in [2.75, 3.05) is 5.32 Å². The van der Waals surface area contributed by atoms with E-state index in [4.69, 9.17) is 4.74 Å². The van der Waals surface area contributed by atoms with E-state index in [9.17, 15) is 18.0 Å². The normalized spacial score (nSPS) is 12.6. The van der Waals surface area contributed by atoms with Gasteiger partial charge in [0.1, 0.15) is 0 Å². The van der Waals surface area contributed by atoms with Gasteiger partial charge in [-0.25, -0.2) is 18.1 Å². The van der Waals surface area contributed by atoms with Crippen LogP contribution in [0.15, 0.2) is 34.5 Å². The van der Waals surface area contributed by atoms with Gasteiger partial charge in [0.25, 0.3) is 5.91 Å². The molecule has 1 amide bonds. The van der Waals surface area contributed by atoms with E-state index in [0.29, 0.717) is 11.4 Å². The molecule has 0 saturated heterocycles. The number of carbonyl (C=O) groups is 2. The van der Waals surface area contributed by atoms with E-state index in [1.165, 1.54) is 42.5 Å². The van der Waals surface area contributed by atoms with Gasteiger partial charge >= 0.3 is 5.97 Å². The first-order valence-electron chi connectivity index (χ1n) is 8.60. The van der Waals surface area contributed by atoms with Crippen molar-refractivity contribution in [2.24, 2.45) is 0 Å². The summed E-state index contributed by atoms with van der Waals surface area (Å²) in [5.74, 6) is -1.06. The third-order valence-electron chi connectivity index (χ3n) is 3.49. The van der Waals surface area contributed by atoms with Gasteiger partial charge in [-0.15, -0.1) is 11.3 Å². The molecule has 152 valence electrons. The van der Waals surface area contributed by atoms with E-state index in [0.717, 1.165) is 5.01 Å². The molecule has 10 heteroatoms. The number of hydrogen-bond acceptors (Lipinski definition) is 7. The molecule has 0 spiro atoms. The second-order valence-electron chi connectivity index (χ2n) is 6.46. The highest BCUT2D eigenvalue weighted by Gasteiger charge is 2.20. The number of nitrogens with zero attached hydrogens (tertiary/aromatic N) is 1. The number of benzene rings is 1. The summed E-state index contributed by atoms with van der Waals surface area (Å²) in [7, 11) is -3.60. The van der Waals surface area contributed by atoms with Gasteiger partial charge in [0.15, 0.2) is 6.10 Å². The topological polar surface area (TPSA) is 114 Å². The molecule has 0 fully saturated rings. The number of thiazole rings is 1. The van der Waals surface area contributed by atoms with Crippen molar-refractivity contribution in [1.29, 1.82) is 0 Å². The van der Waals surface area contributed by atoms with Gasteiger partial charge in [0.2, 0.25) is 10.0 Å². The number of ether oxygens (including phenoxy) is 1. The lowest BCUT2D eigenvalue weighted by atomic mass is 10.3. The summed E-state index contributed by atoms with van der Waals surface area (Å²) in [6, 6.07) is 5.50. The highest BCUT2D eigenvalue weighted by atomic mass is 32.2. The van der Waals surface area contributed by atoms with Crippen LogP contribution in [-0.4, -0.2) is 37.4 Å². The molecule has 1 unspecified atom stereocenters. The molecule has 0 saturated carbocycles. The number of esters is 1. The van der Waals surface area contributed by atoms with Crippen LogP contribution in [0.25, 0.3) is 0 Å². The fourth-order valence-corrected chi connectivity index (χ4v) is 4.13. The Labute approximate surface area is 168 Å². The minimum atomic E-state index is -3.60. The highest BCUT2D eigenvalue weighted by molar-refractivity contribution is 7.89. The third kappa shape index (κ3) is 6.39. The van der Waals surface area contributed by atoms with E-state index < -0.39 is 28.0 Å². The molecule has 2 rings (SSSR count). The second-order valence-corrected chi connectivity index (χ2v) is 9.23. The average molecular weight is 426 g/mol. The van der Waals surface area contributed by atoms with Crippen molar-refractivity contribution in [1.82, 2.24) is 9.71 Å². The maximum absolute atomic E-state index is 12.2. The van der Waals surface area contributed by atoms with Crippen LogP contribution < -0.4 is 10.0 Å². The van der Waals surface area contributed by atoms with Gasteiger partial charge in [0.05, 0.1) is 22.0 Å². The fraction of sp³-hybridized carbons (Fsp3) is 0.389. The van der Waals surface area contributed by atoms with Gasteiger partial charge in [-0.2, -0.15) is 0 Å². The zero-order valence-electron chi connectivity index (χ0n) is 16.1. The predicted octanol–water partition coefficient (Wildman–Crippen LogP) is 2.25. The number of aryl methyl sites for hydroxylation is 1. The summed E-state index contributed by atoms with van der Waals surface area (Å²) < 4.78 is 31.8. The van der Waals surface area contributed by atoms with Crippen LogP contribution in [0.5, 0.6) is 0 Å². The van der Waals surface area contributed by atoms with Crippen LogP contribution in [0.2, 0.25) is 0 Å². The van der Waals surface area contributed by atoms with Crippen LogP contribution in [-0.2, 0) is 30.8 Å². The first kappa shape index (κ1) is 22.0. The van der Waals surface area contributed by atoms with Gasteiger partial charge in [0, 0.05) is 17.1 Å². The number of nitrogens with one attached hydrogen (secondary N) is 2. The summed E-state index contributed by atoms with van der Waals surface area (Å²) >= 11 is 1.43. The van der Waals surface area contributed by atoms with Crippen molar-refractivity contribution in [3.8, 4) is 0 Å². The largest absolute Gasteiger partial charge is 0.452 e. The summed E-state index contributed by atoms with van der Waals surface area (Å²) in [6.07, 6.45) is -1.00. The second kappa shape index (κ2) is 9.26. The molecule has 0 aliphatic heterocycles. The Morgan fingerprint density at radius 1 is 1.18 bits per heavy atom. The number of anilines is 1. The minimum absolute atomic E-state index is 0.00261. The Hall–Kier alpha value is -2.30. The Bertz CT molecular complexity index is 936. The Balaban J connectivity index is 1.91. The minimum Gasteiger partial charge on any atom is -0.452 e. The van der Waals surface area contributed by atoms with E-state index in [2.05, 4.69) is 15.0 Å². The zero-order valence-corrected chi connectivity index (χ0v) is 17.7. The summed E-state index contributed by atoms with van der Waals surface area (Å²) in [4.78, 5) is 28.4. The lowest BCUT2D eigenvalue weighted by Crippen LogP contribution is -2.31. The van der Waals surface area contributed by atoms with E-state index >= 15 is 0 Å². The fourth-order valence-electron chi connectivity index (χ4n) is 2.27. The average Bonchev–Trinajstić information content (AvgIpc) is 2.98. The molecule has 28 heavy (non-hydrogen) atoms. The van der Waals surface area contributed by atoms with Gasteiger partial charge in [-0.3, -0.25) is 9.59 Å². The Morgan fingerprint density at radius 3 is 2.36 bits per heavy atom. The van der Waals surface area contributed by atoms with Crippen molar-refractivity contribution < 1.29 is 22.7 Å². The number of aromatic nitrogens is 1. The maximum Gasteiger partial charge on any atom is 0.312 e.